The molecule has 7 heteroatoms. The second-order valence-electron chi connectivity index (χ2n) is 6.60. The molecule has 1 atom stereocenters. The van der Waals surface area contributed by atoms with Crippen LogP contribution in [0.3, 0.4) is 0 Å². The van der Waals surface area contributed by atoms with E-state index in [4.69, 9.17) is 10.5 Å². The Kier molecular flexibility index (Phi) is 3.95. The third-order valence-electron chi connectivity index (χ3n) is 4.86. The van der Waals surface area contributed by atoms with E-state index in [1.165, 1.54) is 6.20 Å². The lowest BCUT2D eigenvalue weighted by molar-refractivity contribution is 0.0526. The van der Waals surface area contributed by atoms with Gasteiger partial charge in [0.25, 0.3) is 5.91 Å². The molecule has 1 aliphatic rings. The van der Waals surface area contributed by atoms with Crippen LogP contribution >= 0.6 is 0 Å². The molecule has 1 saturated carbocycles. The molecule has 3 rings (SSSR count). The van der Waals surface area contributed by atoms with Gasteiger partial charge in [0.1, 0.15) is 0 Å². The van der Waals surface area contributed by atoms with Crippen LogP contribution in [0.15, 0.2) is 18.5 Å². The van der Waals surface area contributed by atoms with Gasteiger partial charge >= 0.3 is 5.97 Å². The zero-order valence-corrected chi connectivity index (χ0v) is 14.1. The second kappa shape index (κ2) is 5.81. The van der Waals surface area contributed by atoms with E-state index in [1.807, 2.05) is 0 Å². The number of amides is 1. The van der Waals surface area contributed by atoms with Crippen molar-refractivity contribution in [1.82, 2.24) is 9.61 Å². The van der Waals surface area contributed by atoms with Crippen molar-refractivity contribution in [2.75, 3.05) is 11.9 Å². The highest BCUT2D eigenvalue weighted by Crippen LogP contribution is 2.49. The molecular weight excluding hydrogens is 308 g/mol. The Balaban J connectivity index is 2.06. The number of carbonyl (C=O) groups excluding carboxylic acids is 2. The number of nitrogens with one attached hydrogen (secondary N) is 1. The van der Waals surface area contributed by atoms with Crippen LogP contribution in [0.5, 0.6) is 0 Å². The Labute approximate surface area is 140 Å². The van der Waals surface area contributed by atoms with E-state index < -0.39 is 11.9 Å². The molecule has 2 heterocycles. The summed E-state index contributed by atoms with van der Waals surface area (Å²) in [6.45, 7) is 6.34. The number of hydrogen-bond donors (Lipinski definition) is 2. The summed E-state index contributed by atoms with van der Waals surface area (Å²) in [5, 5.41) is 7.59. The van der Waals surface area contributed by atoms with E-state index in [-0.39, 0.29) is 11.5 Å². The summed E-state index contributed by atoms with van der Waals surface area (Å²) in [5.74, 6) is -0.976. The van der Waals surface area contributed by atoms with Gasteiger partial charge in [0.2, 0.25) is 0 Å². The first kappa shape index (κ1) is 16.3. The van der Waals surface area contributed by atoms with Crippen molar-refractivity contribution >= 4 is 23.1 Å². The fraction of sp³-hybridized carbons (Fsp3) is 0.471. The van der Waals surface area contributed by atoms with Crippen molar-refractivity contribution in [2.45, 2.75) is 39.7 Å². The van der Waals surface area contributed by atoms with Crippen LogP contribution in [-0.2, 0) is 4.74 Å². The van der Waals surface area contributed by atoms with Gasteiger partial charge in [0, 0.05) is 12.2 Å². The lowest BCUT2D eigenvalue weighted by atomic mass is 10.00. The predicted octanol–water partition coefficient (Wildman–Crippen LogP) is 2.21. The van der Waals surface area contributed by atoms with E-state index >= 15 is 0 Å². The zero-order valence-electron chi connectivity index (χ0n) is 14.1. The topological polar surface area (TPSA) is 98.7 Å². The molecule has 1 amide bonds. The van der Waals surface area contributed by atoms with Crippen molar-refractivity contribution in [2.24, 2.45) is 11.1 Å². The molecule has 0 bridgehead atoms. The summed E-state index contributed by atoms with van der Waals surface area (Å²) in [6.07, 6.45) is 5.30. The summed E-state index contributed by atoms with van der Waals surface area (Å²) in [7, 11) is 0. The number of nitrogens with zero attached hydrogens (tertiary/aromatic N) is 2. The third-order valence-corrected chi connectivity index (χ3v) is 4.86. The number of esters is 1. The maximum atomic E-state index is 12.0. The quantitative estimate of drug-likeness (QED) is 0.791. The highest BCUT2D eigenvalue weighted by atomic mass is 16.5. The van der Waals surface area contributed by atoms with Gasteiger partial charge < -0.3 is 15.8 Å². The predicted molar refractivity (Wildman–Crippen MR) is 90.1 cm³/mol. The molecule has 0 aromatic carbocycles. The van der Waals surface area contributed by atoms with Crippen LogP contribution < -0.4 is 11.1 Å². The van der Waals surface area contributed by atoms with Gasteiger partial charge in [0.05, 0.1) is 35.1 Å². The van der Waals surface area contributed by atoms with Crippen molar-refractivity contribution in [1.29, 1.82) is 0 Å². The molecule has 0 saturated heterocycles. The van der Waals surface area contributed by atoms with E-state index in [2.05, 4.69) is 24.3 Å². The van der Waals surface area contributed by atoms with E-state index in [9.17, 15) is 9.59 Å². The largest absolute Gasteiger partial charge is 0.462 e. The smallest absolute Gasteiger partial charge is 0.339 e. The molecule has 0 spiro atoms. The Morgan fingerprint density at radius 1 is 1.50 bits per heavy atom. The monoisotopic (exact) mass is 330 g/mol. The van der Waals surface area contributed by atoms with Crippen LogP contribution in [0.4, 0.5) is 5.69 Å². The minimum atomic E-state index is -0.556. The Morgan fingerprint density at radius 2 is 2.21 bits per heavy atom. The first-order valence-corrected chi connectivity index (χ1v) is 8.10. The number of anilines is 1. The molecule has 0 unspecified atom stereocenters. The van der Waals surface area contributed by atoms with E-state index in [1.54, 1.807) is 23.7 Å². The normalized spacial score (nSPS) is 16.6. The van der Waals surface area contributed by atoms with Crippen LogP contribution in [0.25, 0.3) is 5.52 Å². The molecular formula is C17H22N4O3. The van der Waals surface area contributed by atoms with E-state index in [0.717, 1.165) is 12.8 Å². The molecule has 7 nitrogen and oxygen atoms in total. The zero-order chi connectivity index (χ0) is 17.5. The van der Waals surface area contributed by atoms with Crippen molar-refractivity contribution < 1.29 is 14.3 Å². The number of hydrogen-bond acceptors (Lipinski definition) is 5. The fourth-order valence-corrected chi connectivity index (χ4v) is 2.74. The first-order valence-electron chi connectivity index (χ1n) is 8.10. The molecule has 128 valence electrons. The number of rotatable bonds is 6. The second-order valence-corrected chi connectivity index (χ2v) is 6.60. The molecule has 24 heavy (non-hydrogen) atoms. The molecule has 0 radical (unpaired) electrons. The summed E-state index contributed by atoms with van der Waals surface area (Å²) in [4.78, 5) is 23.8. The standard InChI is InChI=1S/C17H22N4O3/c1-4-24-16(23)11-7-13-14(20-10(2)17(3)5-6-17)12(15(18)22)8-19-21(13)9-11/h7-10,20H,4-6H2,1-3H3,(H2,18,22)/t10-/m1/s1. The van der Waals surface area contributed by atoms with Crippen LogP contribution in [0.2, 0.25) is 0 Å². The summed E-state index contributed by atoms with van der Waals surface area (Å²) in [6, 6.07) is 1.84. The first-order chi connectivity index (χ1) is 11.4. The minimum absolute atomic E-state index is 0.169. The molecule has 2 aromatic rings. The maximum Gasteiger partial charge on any atom is 0.339 e. The van der Waals surface area contributed by atoms with E-state index in [0.29, 0.717) is 28.9 Å². The Bertz CT molecular complexity index is 808. The van der Waals surface area contributed by atoms with Crippen LogP contribution in [0.1, 0.15) is 54.3 Å². The van der Waals surface area contributed by atoms with Gasteiger partial charge in [-0.1, -0.05) is 6.92 Å². The summed E-state index contributed by atoms with van der Waals surface area (Å²) < 4.78 is 6.59. The highest BCUT2D eigenvalue weighted by molar-refractivity contribution is 6.03. The van der Waals surface area contributed by atoms with Gasteiger partial charge in [-0.15, -0.1) is 0 Å². The number of aromatic nitrogens is 2. The van der Waals surface area contributed by atoms with Gasteiger partial charge in [-0.3, -0.25) is 4.79 Å². The lowest BCUT2D eigenvalue weighted by Gasteiger charge is -2.23. The molecule has 2 aromatic heterocycles. The number of fused-ring (bicyclic) bond motifs is 1. The molecule has 1 aliphatic carbocycles. The van der Waals surface area contributed by atoms with Gasteiger partial charge in [-0.05, 0) is 38.2 Å². The average Bonchev–Trinajstić information content (AvgIpc) is 3.12. The van der Waals surface area contributed by atoms with Crippen molar-refractivity contribution in [3.05, 3.63) is 29.6 Å². The SMILES string of the molecule is CCOC(=O)c1cc2c(N[C@H](C)C3(C)CC3)c(C(N)=O)cnn2c1. The maximum absolute atomic E-state index is 12.0. The van der Waals surface area contributed by atoms with Crippen LogP contribution in [-0.4, -0.2) is 34.1 Å². The Morgan fingerprint density at radius 3 is 2.79 bits per heavy atom. The van der Waals surface area contributed by atoms with Gasteiger partial charge in [0.15, 0.2) is 0 Å². The summed E-state index contributed by atoms with van der Waals surface area (Å²) >= 11 is 0. The van der Waals surface area contributed by atoms with Gasteiger partial charge in [-0.25, -0.2) is 9.31 Å². The highest BCUT2D eigenvalue weighted by Gasteiger charge is 2.43. The summed E-state index contributed by atoms with van der Waals surface area (Å²) in [5.41, 5.74) is 7.65. The fourth-order valence-electron chi connectivity index (χ4n) is 2.74. The number of primary amides is 1. The Hall–Kier alpha value is -2.57. The minimum Gasteiger partial charge on any atom is -0.462 e. The molecule has 0 aliphatic heterocycles. The van der Waals surface area contributed by atoms with Crippen LogP contribution in [0, 0.1) is 5.41 Å². The number of nitrogens with two attached hydrogens (primary N) is 1. The third kappa shape index (κ3) is 2.81. The number of ether oxygens (including phenoxy) is 1. The lowest BCUT2D eigenvalue weighted by Crippen LogP contribution is -2.27. The van der Waals surface area contributed by atoms with Crippen molar-refractivity contribution in [3.8, 4) is 0 Å². The number of carbonyl (C=O) groups is 2. The molecule has 1 fully saturated rings. The molecule has 3 N–H and O–H groups in total. The van der Waals surface area contributed by atoms with Gasteiger partial charge in [-0.2, -0.15) is 5.10 Å². The average molecular weight is 330 g/mol. The van der Waals surface area contributed by atoms with Crippen molar-refractivity contribution in [3.63, 3.8) is 0 Å².